The number of hydrogen-bond donors (Lipinski definition) is 2. The number of carbonyl (C=O) groups is 2. The van der Waals surface area contributed by atoms with Crippen LogP contribution >= 0.6 is 12.4 Å². The van der Waals surface area contributed by atoms with Gasteiger partial charge in [-0.3, -0.25) is 9.59 Å². The molecule has 0 spiro atoms. The molecule has 1 aromatic heterocycles. The quantitative estimate of drug-likeness (QED) is 0.745. The molecule has 3 rings (SSSR count). The molecule has 1 saturated heterocycles. The van der Waals surface area contributed by atoms with Gasteiger partial charge >= 0.3 is 0 Å². The molecule has 9 heteroatoms. The molecule has 1 fully saturated rings. The van der Waals surface area contributed by atoms with Gasteiger partial charge in [-0.15, -0.1) is 12.4 Å². The molecule has 0 bridgehead atoms. The van der Waals surface area contributed by atoms with E-state index in [1.165, 1.54) is 24.5 Å². The van der Waals surface area contributed by atoms with Gasteiger partial charge < -0.3 is 15.5 Å². The van der Waals surface area contributed by atoms with Crippen molar-refractivity contribution in [1.82, 2.24) is 25.5 Å². The summed E-state index contributed by atoms with van der Waals surface area (Å²) < 4.78 is 13.0. The lowest BCUT2D eigenvalue weighted by molar-refractivity contribution is 0.0678. The van der Waals surface area contributed by atoms with Crippen LogP contribution in [0.3, 0.4) is 0 Å². The molecule has 2 heterocycles. The maximum absolute atomic E-state index is 13.0. The number of piperidine rings is 1. The molecule has 0 aliphatic carbocycles. The van der Waals surface area contributed by atoms with Gasteiger partial charge in [-0.1, -0.05) is 12.1 Å². The lowest BCUT2D eigenvalue weighted by Crippen LogP contribution is -2.41. The van der Waals surface area contributed by atoms with Gasteiger partial charge in [0.2, 0.25) is 0 Å². The van der Waals surface area contributed by atoms with Crippen LogP contribution in [0.5, 0.6) is 0 Å². The van der Waals surface area contributed by atoms with Gasteiger partial charge in [0.15, 0.2) is 11.4 Å². The summed E-state index contributed by atoms with van der Waals surface area (Å²) in [7, 11) is 1.92. The van der Waals surface area contributed by atoms with Crippen molar-refractivity contribution in [1.29, 1.82) is 0 Å². The average Bonchev–Trinajstić information content (AvgIpc) is 2.73. The van der Waals surface area contributed by atoms with Crippen LogP contribution in [-0.4, -0.2) is 53.4 Å². The molecule has 0 atom stereocenters. The second-order valence-electron chi connectivity index (χ2n) is 6.86. The number of halogens is 2. The maximum atomic E-state index is 13.0. The Labute approximate surface area is 175 Å². The molecule has 156 valence electrons. The van der Waals surface area contributed by atoms with Crippen molar-refractivity contribution in [3.05, 3.63) is 59.4 Å². The fourth-order valence-corrected chi connectivity index (χ4v) is 3.31. The van der Waals surface area contributed by atoms with Crippen LogP contribution in [0.25, 0.3) is 0 Å². The van der Waals surface area contributed by atoms with Gasteiger partial charge in [0, 0.05) is 32.0 Å². The fraction of sp³-hybridized carbons (Fsp3) is 0.400. The highest BCUT2D eigenvalue weighted by Gasteiger charge is 2.28. The van der Waals surface area contributed by atoms with E-state index in [0.717, 1.165) is 24.9 Å². The molecule has 1 aromatic carbocycles. The summed E-state index contributed by atoms with van der Waals surface area (Å²) in [5.41, 5.74) is 0.816. The van der Waals surface area contributed by atoms with Gasteiger partial charge in [-0.25, -0.2) is 14.4 Å². The zero-order valence-corrected chi connectivity index (χ0v) is 17.0. The average molecular weight is 422 g/mol. The number of amides is 2. The zero-order chi connectivity index (χ0) is 19.9. The maximum Gasteiger partial charge on any atom is 0.274 e. The highest BCUT2D eigenvalue weighted by atomic mass is 35.5. The SMILES string of the molecule is CNCC1CCN(C(=O)c2nccnc2C(=O)NCc2ccc(F)cc2)CC1.Cl. The minimum atomic E-state index is -0.481. The zero-order valence-electron chi connectivity index (χ0n) is 16.2. The smallest absolute Gasteiger partial charge is 0.274 e. The van der Waals surface area contributed by atoms with Crippen LogP contribution in [-0.2, 0) is 6.54 Å². The Morgan fingerprint density at radius 3 is 2.34 bits per heavy atom. The number of nitrogens with zero attached hydrogens (tertiary/aromatic N) is 3. The molecule has 1 aliphatic rings. The lowest BCUT2D eigenvalue weighted by Gasteiger charge is -2.31. The Kier molecular flexibility index (Phi) is 8.48. The first-order chi connectivity index (χ1) is 13.6. The van der Waals surface area contributed by atoms with Gasteiger partial charge in [-0.05, 0) is 50.0 Å². The van der Waals surface area contributed by atoms with Crippen molar-refractivity contribution < 1.29 is 14.0 Å². The minimum absolute atomic E-state index is 0. The van der Waals surface area contributed by atoms with Crippen LogP contribution < -0.4 is 10.6 Å². The summed E-state index contributed by atoms with van der Waals surface area (Å²) in [6.45, 7) is 2.42. The van der Waals surface area contributed by atoms with Crippen molar-refractivity contribution in [2.45, 2.75) is 19.4 Å². The Hall–Kier alpha value is -2.58. The number of aromatic nitrogens is 2. The first-order valence-corrected chi connectivity index (χ1v) is 9.36. The van der Waals surface area contributed by atoms with E-state index in [1.807, 2.05) is 7.05 Å². The molecule has 7 nitrogen and oxygen atoms in total. The normalized spacial score (nSPS) is 14.2. The molecule has 2 amide bonds. The molecule has 29 heavy (non-hydrogen) atoms. The molecule has 2 N–H and O–H groups in total. The van der Waals surface area contributed by atoms with Crippen LogP contribution in [0.1, 0.15) is 39.4 Å². The van der Waals surface area contributed by atoms with Crippen molar-refractivity contribution in [3.63, 3.8) is 0 Å². The first-order valence-electron chi connectivity index (χ1n) is 9.36. The topological polar surface area (TPSA) is 87.2 Å². The minimum Gasteiger partial charge on any atom is -0.347 e. The number of carbonyl (C=O) groups excluding carboxylic acids is 2. The highest BCUT2D eigenvalue weighted by molar-refractivity contribution is 6.04. The van der Waals surface area contributed by atoms with Gasteiger partial charge in [0.25, 0.3) is 11.8 Å². The fourth-order valence-electron chi connectivity index (χ4n) is 3.31. The number of nitrogens with one attached hydrogen (secondary N) is 2. The molecular weight excluding hydrogens is 397 g/mol. The predicted molar refractivity (Wildman–Crippen MR) is 109 cm³/mol. The summed E-state index contributed by atoms with van der Waals surface area (Å²) in [5.74, 6) is -0.543. The number of hydrogen-bond acceptors (Lipinski definition) is 5. The van der Waals surface area contributed by atoms with E-state index in [2.05, 4.69) is 20.6 Å². The molecule has 0 saturated carbocycles. The second-order valence-corrected chi connectivity index (χ2v) is 6.86. The summed E-state index contributed by atoms with van der Waals surface area (Å²) >= 11 is 0. The number of likely N-dealkylation sites (tertiary alicyclic amines) is 1. The third-order valence-electron chi connectivity index (χ3n) is 4.88. The van der Waals surface area contributed by atoms with E-state index in [9.17, 15) is 14.0 Å². The van der Waals surface area contributed by atoms with Crippen molar-refractivity contribution in [2.24, 2.45) is 5.92 Å². The number of benzene rings is 1. The second kappa shape index (κ2) is 10.8. The third-order valence-corrected chi connectivity index (χ3v) is 4.88. The third kappa shape index (κ3) is 5.95. The molecule has 0 radical (unpaired) electrons. The largest absolute Gasteiger partial charge is 0.347 e. The van der Waals surface area contributed by atoms with Crippen molar-refractivity contribution >= 4 is 24.2 Å². The van der Waals surface area contributed by atoms with E-state index in [4.69, 9.17) is 0 Å². The van der Waals surface area contributed by atoms with Gasteiger partial charge in [0.05, 0.1) is 0 Å². The van der Waals surface area contributed by atoms with Gasteiger partial charge in [0.1, 0.15) is 5.82 Å². The molecular formula is C20H25ClFN5O2. The van der Waals surface area contributed by atoms with E-state index in [0.29, 0.717) is 19.0 Å². The van der Waals surface area contributed by atoms with Crippen LogP contribution in [0.15, 0.2) is 36.7 Å². The highest BCUT2D eigenvalue weighted by Crippen LogP contribution is 2.18. The Morgan fingerprint density at radius 1 is 1.10 bits per heavy atom. The lowest BCUT2D eigenvalue weighted by atomic mass is 9.96. The molecule has 2 aromatic rings. The van der Waals surface area contributed by atoms with Crippen LogP contribution in [0.4, 0.5) is 4.39 Å². The Morgan fingerprint density at radius 2 is 1.72 bits per heavy atom. The summed E-state index contributed by atoms with van der Waals surface area (Å²) in [6, 6.07) is 5.84. The van der Waals surface area contributed by atoms with E-state index < -0.39 is 5.91 Å². The summed E-state index contributed by atoms with van der Waals surface area (Å²) in [5, 5.41) is 5.88. The van der Waals surface area contributed by atoms with Crippen molar-refractivity contribution in [2.75, 3.05) is 26.7 Å². The van der Waals surface area contributed by atoms with E-state index in [1.54, 1.807) is 17.0 Å². The Balaban J connectivity index is 0.00000300. The van der Waals surface area contributed by atoms with Crippen LogP contribution in [0.2, 0.25) is 0 Å². The summed E-state index contributed by atoms with van der Waals surface area (Å²) in [4.78, 5) is 35.4. The standard InChI is InChI=1S/C20H24FN5O2.ClH/c1-22-12-15-6-10-26(11-7-15)20(28)18-17(23-8-9-24-18)19(27)25-13-14-2-4-16(21)5-3-14;/h2-5,8-9,15,22H,6-7,10-13H2,1H3,(H,25,27);1H. The van der Waals surface area contributed by atoms with Gasteiger partial charge in [-0.2, -0.15) is 0 Å². The molecule has 0 unspecified atom stereocenters. The number of rotatable bonds is 6. The van der Waals surface area contributed by atoms with E-state index >= 15 is 0 Å². The predicted octanol–water partition coefficient (Wildman–Crippen LogP) is 2.04. The monoisotopic (exact) mass is 421 g/mol. The first kappa shape index (κ1) is 22.7. The summed E-state index contributed by atoms with van der Waals surface area (Å²) in [6.07, 6.45) is 4.64. The van der Waals surface area contributed by atoms with E-state index in [-0.39, 0.29) is 42.1 Å². The van der Waals surface area contributed by atoms with Crippen LogP contribution in [0, 0.1) is 11.7 Å². The van der Waals surface area contributed by atoms with Crippen molar-refractivity contribution in [3.8, 4) is 0 Å². The molecule has 1 aliphatic heterocycles. The Bertz CT molecular complexity index is 826.